The van der Waals surface area contributed by atoms with E-state index in [9.17, 15) is 9.59 Å². The summed E-state index contributed by atoms with van der Waals surface area (Å²) in [6, 6.07) is 7.10. The van der Waals surface area contributed by atoms with Crippen LogP contribution in [0.3, 0.4) is 0 Å². The Morgan fingerprint density at radius 2 is 1.96 bits per heavy atom. The third-order valence-corrected chi connectivity index (χ3v) is 3.64. The fourth-order valence-electron chi connectivity index (χ4n) is 2.29. The second-order valence-electron chi connectivity index (χ2n) is 5.42. The Labute approximate surface area is 141 Å². The zero-order chi connectivity index (χ0) is 17.2. The second-order valence-corrected chi connectivity index (χ2v) is 5.42. The minimum absolute atomic E-state index is 0.154. The highest BCUT2D eigenvalue weighted by molar-refractivity contribution is 5.94. The molecule has 130 valence electrons. The van der Waals surface area contributed by atoms with E-state index in [0.717, 1.165) is 31.8 Å². The molecule has 0 spiro atoms. The number of hydrogen-bond acceptors (Lipinski definition) is 5. The summed E-state index contributed by atoms with van der Waals surface area (Å²) in [5.41, 5.74) is 0.575. The third-order valence-electron chi connectivity index (χ3n) is 3.64. The molecule has 1 fully saturated rings. The molecule has 1 aromatic rings. The van der Waals surface area contributed by atoms with Crippen molar-refractivity contribution in [2.75, 3.05) is 26.9 Å². The van der Waals surface area contributed by atoms with Gasteiger partial charge in [-0.2, -0.15) is 0 Å². The van der Waals surface area contributed by atoms with Gasteiger partial charge in [-0.1, -0.05) is 6.08 Å². The first kappa shape index (κ1) is 18.0. The standard InChI is InChI=1S/C18H23NO5/c1-22-17(20)4-2-3-11-19-18(21)14-5-7-15(8-6-14)24-16-9-12-23-13-10-16/h2,4-8,16H,3,9-13H2,1H3,(H,19,21)/b4-2+. The van der Waals surface area contributed by atoms with Crippen LogP contribution in [0.25, 0.3) is 0 Å². The number of hydrogen-bond donors (Lipinski definition) is 1. The van der Waals surface area contributed by atoms with E-state index in [1.54, 1.807) is 18.2 Å². The minimum atomic E-state index is -0.401. The van der Waals surface area contributed by atoms with E-state index in [1.165, 1.54) is 13.2 Å². The summed E-state index contributed by atoms with van der Waals surface area (Å²) >= 11 is 0. The van der Waals surface area contributed by atoms with Crippen LogP contribution in [-0.2, 0) is 14.3 Å². The topological polar surface area (TPSA) is 73.9 Å². The van der Waals surface area contributed by atoms with Crippen molar-refractivity contribution in [1.82, 2.24) is 5.32 Å². The molecular weight excluding hydrogens is 310 g/mol. The van der Waals surface area contributed by atoms with Crippen molar-refractivity contribution in [3.05, 3.63) is 42.0 Å². The molecule has 1 aromatic carbocycles. The Morgan fingerprint density at radius 1 is 1.25 bits per heavy atom. The van der Waals surface area contributed by atoms with E-state index >= 15 is 0 Å². The van der Waals surface area contributed by atoms with Gasteiger partial charge in [-0.05, 0) is 30.7 Å². The highest BCUT2D eigenvalue weighted by Gasteiger charge is 2.15. The van der Waals surface area contributed by atoms with Gasteiger partial charge >= 0.3 is 5.97 Å². The van der Waals surface area contributed by atoms with E-state index in [1.807, 2.05) is 12.1 Å². The zero-order valence-corrected chi connectivity index (χ0v) is 13.8. The number of carbonyl (C=O) groups excluding carboxylic acids is 2. The van der Waals surface area contributed by atoms with Crippen molar-refractivity contribution in [3.8, 4) is 5.75 Å². The minimum Gasteiger partial charge on any atom is -0.490 e. The molecule has 0 atom stereocenters. The van der Waals surface area contributed by atoms with Crippen LogP contribution in [0.15, 0.2) is 36.4 Å². The summed E-state index contributed by atoms with van der Waals surface area (Å²) < 4.78 is 15.7. The van der Waals surface area contributed by atoms with Gasteiger partial charge in [-0.25, -0.2) is 4.79 Å². The number of ether oxygens (including phenoxy) is 3. The molecule has 1 N–H and O–H groups in total. The average Bonchev–Trinajstić information content (AvgIpc) is 2.62. The first-order valence-corrected chi connectivity index (χ1v) is 8.06. The fourth-order valence-corrected chi connectivity index (χ4v) is 2.29. The highest BCUT2D eigenvalue weighted by Crippen LogP contribution is 2.18. The molecule has 0 aliphatic carbocycles. The molecule has 6 nitrogen and oxygen atoms in total. The molecule has 0 aromatic heterocycles. The lowest BCUT2D eigenvalue weighted by molar-refractivity contribution is -0.134. The van der Waals surface area contributed by atoms with Gasteiger partial charge < -0.3 is 19.5 Å². The first-order chi connectivity index (χ1) is 11.7. The first-order valence-electron chi connectivity index (χ1n) is 8.06. The maximum absolute atomic E-state index is 12.0. The van der Waals surface area contributed by atoms with Gasteiger partial charge in [0.25, 0.3) is 5.91 Å². The average molecular weight is 333 g/mol. The van der Waals surface area contributed by atoms with Crippen molar-refractivity contribution >= 4 is 11.9 Å². The summed E-state index contributed by atoms with van der Waals surface area (Å²) in [5, 5.41) is 2.79. The number of methoxy groups -OCH3 is 1. The number of carbonyl (C=O) groups is 2. The van der Waals surface area contributed by atoms with Gasteiger partial charge in [0.2, 0.25) is 0 Å². The Kier molecular flexibility index (Phi) is 7.29. The van der Waals surface area contributed by atoms with Crippen molar-refractivity contribution in [3.63, 3.8) is 0 Å². The van der Waals surface area contributed by atoms with Gasteiger partial charge in [0.15, 0.2) is 0 Å². The third kappa shape index (κ3) is 6.04. The van der Waals surface area contributed by atoms with Gasteiger partial charge in [0.05, 0.1) is 20.3 Å². The number of rotatable bonds is 7. The molecule has 2 rings (SSSR count). The van der Waals surface area contributed by atoms with E-state index < -0.39 is 5.97 Å². The van der Waals surface area contributed by atoms with Crippen LogP contribution in [0.2, 0.25) is 0 Å². The molecule has 1 heterocycles. The Bertz CT molecular complexity index is 561. The molecule has 1 amide bonds. The van der Waals surface area contributed by atoms with Crippen LogP contribution in [-0.4, -0.2) is 44.8 Å². The SMILES string of the molecule is COC(=O)/C=C/CCNC(=O)c1ccc(OC2CCOCC2)cc1. The molecular formula is C18H23NO5. The van der Waals surface area contributed by atoms with Crippen LogP contribution in [0, 0.1) is 0 Å². The highest BCUT2D eigenvalue weighted by atomic mass is 16.5. The Balaban J connectivity index is 1.74. The number of esters is 1. The maximum Gasteiger partial charge on any atom is 0.330 e. The predicted molar refractivity (Wildman–Crippen MR) is 89.0 cm³/mol. The van der Waals surface area contributed by atoms with Gasteiger partial charge in [0, 0.05) is 31.0 Å². The summed E-state index contributed by atoms with van der Waals surface area (Å²) in [4.78, 5) is 22.9. The largest absolute Gasteiger partial charge is 0.490 e. The summed E-state index contributed by atoms with van der Waals surface area (Å²) in [5.74, 6) is 0.208. The number of nitrogens with one attached hydrogen (secondary N) is 1. The van der Waals surface area contributed by atoms with Crippen molar-refractivity contribution in [1.29, 1.82) is 0 Å². The van der Waals surface area contributed by atoms with E-state index in [2.05, 4.69) is 10.1 Å². The predicted octanol–water partition coefficient (Wildman–Crippen LogP) is 2.09. The van der Waals surface area contributed by atoms with Crippen LogP contribution >= 0.6 is 0 Å². The van der Waals surface area contributed by atoms with Gasteiger partial charge in [0.1, 0.15) is 11.9 Å². The molecule has 0 bridgehead atoms. The summed E-state index contributed by atoms with van der Waals surface area (Å²) in [6.45, 7) is 1.91. The molecule has 1 aliphatic rings. The van der Waals surface area contributed by atoms with Crippen LogP contribution in [0.1, 0.15) is 29.6 Å². The number of amides is 1. The van der Waals surface area contributed by atoms with E-state index in [4.69, 9.17) is 9.47 Å². The van der Waals surface area contributed by atoms with Gasteiger partial charge in [-0.15, -0.1) is 0 Å². The summed E-state index contributed by atoms with van der Waals surface area (Å²) in [7, 11) is 1.32. The lowest BCUT2D eigenvalue weighted by Gasteiger charge is -2.23. The molecule has 1 aliphatic heterocycles. The van der Waals surface area contributed by atoms with Gasteiger partial charge in [-0.3, -0.25) is 4.79 Å². The quantitative estimate of drug-likeness (QED) is 0.470. The molecule has 6 heteroatoms. The van der Waals surface area contributed by atoms with Crippen molar-refractivity contribution < 1.29 is 23.8 Å². The molecule has 0 saturated carbocycles. The van der Waals surface area contributed by atoms with E-state index in [-0.39, 0.29) is 12.0 Å². The van der Waals surface area contributed by atoms with Crippen LogP contribution in [0.4, 0.5) is 0 Å². The molecule has 0 unspecified atom stereocenters. The van der Waals surface area contributed by atoms with Crippen LogP contribution in [0.5, 0.6) is 5.75 Å². The Morgan fingerprint density at radius 3 is 2.62 bits per heavy atom. The fraction of sp³-hybridized carbons (Fsp3) is 0.444. The normalized spacial score (nSPS) is 15.2. The van der Waals surface area contributed by atoms with Crippen molar-refractivity contribution in [2.45, 2.75) is 25.4 Å². The lowest BCUT2D eigenvalue weighted by Crippen LogP contribution is -2.26. The smallest absolute Gasteiger partial charge is 0.330 e. The maximum atomic E-state index is 12.0. The zero-order valence-electron chi connectivity index (χ0n) is 13.8. The number of benzene rings is 1. The van der Waals surface area contributed by atoms with Crippen LogP contribution < -0.4 is 10.1 Å². The second kappa shape index (κ2) is 9.72. The van der Waals surface area contributed by atoms with E-state index in [0.29, 0.717) is 18.5 Å². The Hall–Kier alpha value is -2.34. The van der Waals surface area contributed by atoms with Crippen molar-refractivity contribution in [2.24, 2.45) is 0 Å². The molecule has 1 saturated heterocycles. The lowest BCUT2D eigenvalue weighted by atomic mass is 10.1. The summed E-state index contributed by atoms with van der Waals surface area (Å²) in [6.07, 6.45) is 5.53. The monoisotopic (exact) mass is 333 g/mol. The molecule has 0 radical (unpaired) electrons. The molecule has 24 heavy (non-hydrogen) atoms.